The van der Waals surface area contributed by atoms with Gasteiger partial charge in [0.15, 0.2) is 0 Å². The van der Waals surface area contributed by atoms with E-state index in [0.29, 0.717) is 30.6 Å². The largest absolute Gasteiger partial charge is 0.350 e. The number of carbonyl (C=O) groups is 3. The van der Waals surface area contributed by atoms with E-state index in [1.165, 1.54) is 31.1 Å². The summed E-state index contributed by atoms with van der Waals surface area (Å²) in [7, 11) is 4.93. The normalized spacial score (nSPS) is 18.6. The molecule has 0 N–H and O–H groups in total. The topological polar surface area (TPSA) is 65.9 Å². The Bertz CT molecular complexity index is 1280. The Labute approximate surface area is 204 Å². The highest BCUT2D eigenvalue weighted by molar-refractivity contribution is 6.43. The fraction of sp³-hybridized carbons (Fsp3) is 0.370. The van der Waals surface area contributed by atoms with Gasteiger partial charge in [-0.1, -0.05) is 12.1 Å². The molecule has 1 aromatic heterocycles. The van der Waals surface area contributed by atoms with Crippen LogP contribution in [0.25, 0.3) is 10.9 Å². The molecule has 0 saturated carbocycles. The van der Waals surface area contributed by atoms with Crippen LogP contribution in [-0.2, 0) is 18.4 Å². The SMILES string of the molecule is C[C@@H]1CN(Cc2ccc(F)cc2)[C@@H](C)CN1C(=O)c1cn(C)c2ccc(C(=O)C(=O)N(C)C)cc12. The van der Waals surface area contributed by atoms with Crippen LogP contribution in [-0.4, -0.2) is 76.1 Å². The number of ketones is 1. The number of rotatable bonds is 5. The lowest BCUT2D eigenvalue weighted by Crippen LogP contribution is -2.57. The zero-order chi connectivity index (χ0) is 25.4. The Morgan fingerprint density at radius 1 is 1.00 bits per heavy atom. The van der Waals surface area contributed by atoms with E-state index in [2.05, 4.69) is 11.8 Å². The minimum Gasteiger partial charge on any atom is -0.350 e. The molecule has 2 amide bonds. The van der Waals surface area contributed by atoms with Gasteiger partial charge < -0.3 is 14.4 Å². The maximum atomic E-state index is 13.7. The number of benzene rings is 2. The average molecular weight is 479 g/mol. The molecule has 7 nitrogen and oxygen atoms in total. The van der Waals surface area contributed by atoms with Gasteiger partial charge in [-0.3, -0.25) is 19.3 Å². The Morgan fingerprint density at radius 3 is 2.34 bits per heavy atom. The highest BCUT2D eigenvalue weighted by Crippen LogP contribution is 2.27. The predicted octanol–water partition coefficient (Wildman–Crippen LogP) is 3.32. The molecule has 2 atom stereocenters. The number of amides is 2. The summed E-state index contributed by atoms with van der Waals surface area (Å²) >= 11 is 0. The van der Waals surface area contributed by atoms with Gasteiger partial charge in [0.2, 0.25) is 5.78 Å². The Kier molecular flexibility index (Phi) is 6.76. The van der Waals surface area contributed by atoms with Crippen molar-refractivity contribution in [3.8, 4) is 0 Å². The van der Waals surface area contributed by atoms with Crippen molar-refractivity contribution in [3.05, 3.63) is 71.2 Å². The minimum absolute atomic E-state index is 0.0328. The fourth-order valence-corrected chi connectivity index (χ4v) is 4.71. The van der Waals surface area contributed by atoms with Crippen LogP contribution in [0, 0.1) is 5.82 Å². The third-order valence-electron chi connectivity index (χ3n) is 6.76. The van der Waals surface area contributed by atoms with E-state index < -0.39 is 11.7 Å². The van der Waals surface area contributed by atoms with Crippen LogP contribution in [0.15, 0.2) is 48.7 Å². The summed E-state index contributed by atoms with van der Waals surface area (Å²) in [5, 5.41) is 0.656. The molecule has 2 aromatic carbocycles. The van der Waals surface area contributed by atoms with E-state index in [1.807, 2.05) is 23.4 Å². The van der Waals surface area contributed by atoms with Gasteiger partial charge in [-0.05, 0) is 49.7 Å². The highest BCUT2D eigenvalue weighted by atomic mass is 19.1. The van der Waals surface area contributed by atoms with Crippen LogP contribution in [0.3, 0.4) is 0 Å². The molecule has 1 saturated heterocycles. The molecular formula is C27H31FN4O3. The summed E-state index contributed by atoms with van der Waals surface area (Å²) in [5.74, 6) is -1.56. The van der Waals surface area contributed by atoms with Gasteiger partial charge in [0.25, 0.3) is 11.8 Å². The molecule has 0 radical (unpaired) electrons. The van der Waals surface area contributed by atoms with Crippen LogP contribution < -0.4 is 0 Å². The smallest absolute Gasteiger partial charge is 0.294 e. The highest BCUT2D eigenvalue weighted by Gasteiger charge is 2.33. The molecule has 4 rings (SSSR count). The molecule has 0 unspecified atom stereocenters. The van der Waals surface area contributed by atoms with Crippen LogP contribution >= 0.6 is 0 Å². The van der Waals surface area contributed by atoms with Gasteiger partial charge in [0.1, 0.15) is 5.82 Å². The van der Waals surface area contributed by atoms with Crippen LogP contribution in [0.4, 0.5) is 4.39 Å². The molecule has 184 valence electrons. The number of halogens is 1. The first-order valence-corrected chi connectivity index (χ1v) is 11.7. The van der Waals surface area contributed by atoms with Crippen molar-refractivity contribution in [2.24, 2.45) is 7.05 Å². The second-order valence-electron chi connectivity index (χ2n) is 9.63. The number of carbonyl (C=O) groups excluding carboxylic acids is 3. The molecule has 1 aliphatic heterocycles. The number of hydrogen-bond acceptors (Lipinski definition) is 4. The van der Waals surface area contributed by atoms with Crippen LogP contribution in [0.1, 0.15) is 40.1 Å². The van der Waals surface area contributed by atoms with Crippen molar-refractivity contribution in [3.63, 3.8) is 0 Å². The molecule has 2 heterocycles. The van der Waals surface area contributed by atoms with Gasteiger partial charge in [-0.2, -0.15) is 0 Å². The fourth-order valence-electron chi connectivity index (χ4n) is 4.71. The third kappa shape index (κ3) is 4.84. The van der Waals surface area contributed by atoms with Gasteiger partial charge in [-0.15, -0.1) is 0 Å². The Hall–Kier alpha value is -3.52. The number of nitrogens with zero attached hydrogens (tertiary/aromatic N) is 4. The van der Waals surface area contributed by atoms with Crippen molar-refractivity contribution in [1.82, 2.24) is 19.3 Å². The lowest BCUT2D eigenvalue weighted by atomic mass is 10.0. The summed E-state index contributed by atoms with van der Waals surface area (Å²) in [4.78, 5) is 43.9. The monoisotopic (exact) mass is 478 g/mol. The lowest BCUT2D eigenvalue weighted by Gasteiger charge is -2.44. The Balaban J connectivity index is 1.58. The summed E-state index contributed by atoms with van der Waals surface area (Å²) in [6.07, 6.45) is 1.79. The number of Topliss-reactive ketones (excluding diaryl/α,β-unsaturated/α-hetero) is 1. The van der Waals surface area contributed by atoms with Crippen molar-refractivity contribution in [2.75, 3.05) is 27.2 Å². The first-order chi connectivity index (χ1) is 16.6. The average Bonchev–Trinajstić information content (AvgIpc) is 3.16. The zero-order valence-electron chi connectivity index (χ0n) is 20.8. The van der Waals surface area contributed by atoms with E-state index in [-0.39, 0.29) is 29.4 Å². The zero-order valence-corrected chi connectivity index (χ0v) is 20.8. The van der Waals surface area contributed by atoms with Crippen molar-refractivity contribution >= 4 is 28.5 Å². The molecule has 0 bridgehead atoms. The van der Waals surface area contributed by atoms with Crippen LogP contribution in [0.5, 0.6) is 0 Å². The van der Waals surface area contributed by atoms with Gasteiger partial charge in [-0.25, -0.2) is 4.39 Å². The second kappa shape index (κ2) is 9.62. The molecule has 1 fully saturated rings. The quantitative estimate of drug-likeness (QED) is 0.417. The number of piperazine rings is 1. The summed E-state index contributed by atoms with van der Waals surface area (Å²) in [6, 6.07) is 11.6. The summed E-state index contributed by atoms with van der Waals surface area (Å²) in [5.41, 5.74) is 2.63. The minimum atomic E-state index is -0.604. The number of aryl methyl sites for hydroxylation is 1. The Morgan fingerprint density at radius 2 is 1.69 bits per heavy atom. The molecule has 0 aliphatic carbocycles. The van der Waals surface area contributed by atoms with E-state index in [9.17, 15) is 18.8 Å². The van der Waals surface area contributed by atoms with Crippen molar-refractivity contribution in [2.45, 2.75) is 32.5 Å². The molecule has 8 heteroatoms. The lowest BCUT2D eigenvalue weighted by molar-refractivity contribution is -0.124. The first-order valence-electron chi connectivity index (χ1n) is 11.7. The third-order valence-corrected chi connectivity index (χ3v) is 6.76. The van der Waals surface area contributed by atoms with Crippen molar-refractivity contribution < 1.29 is 18.8 Å². The number of aromatic nitrogens is 1. The van der Waals surface area contributed by atoms with E-state index in [1.54, 1.807) is 36.5 Å². The molecule has 0 spiro atoms. The number of likely N-dealkylation sites (N-methyl/N-ethyl adjacent to an activating group) is 1. The van der Waals surface area contributed by atoms with Gasteiger partial charge in [0.05, 0.1) is 5.56 Å². The molecule has 1 aliphatic rings. The maximum absolute atomic E-state index is 13.7. The van der Waals surface area contributed by atoms with Gasteiger partial charge >= 0.3 is 0 Å². The van der Waals surface area contributed by atoms with E-state index in [4.69, 9.17) is 0 Å². The molecular weight excluding hydrogens is 447 g/mol. The predicted molar refractivity (Wildman–Crippen MR) is 133 cm³/mol. The summed E-state index contributed by atoms with van der Waals surface area (Å²) in [6.45, 7) is 6.04. The molecule has 3 aromatic rings. The number of hydrogen-bond donors (Lipinski definition) is 0. The van der Waals surface area contributed by atoms with Gasteiger partial charge in [0, 0.05) is 75.5 Å². The molecule has 35 heavy (non-hydrogen) atoms. The van der Waals surface area contributed by atoms with Crippen LogP contribution in [0.2, 0.25) is 0 Å². The van der Waals surface area contributed by atoms with Crippen molar-refractivity contribution in [1.29, 1.82) is 0 Å². The second-order valence-corrected chi connectivity index (χ2v) is 9.63. The van der Waals surface area contributed by atoms with E-state index >= 15 is 0 Å². The first kappa shape index (κ1) is 24.6. The maximum Gasteiger partial charge on any atom is 0.294 e. The summed E-state index contributed by atoms with van der Waals surface area (Å²) < 4.78 is 15.1. The standard InChI is InChI=1S/C27H31FN4O3/c1-17-14-32(18(2)13-31(17)15-19-6-9-21(28)10-7-19)26(34)23-16-30(5)24-11-8-20(12-22(23)24)25(33)27(35)29(3)4/h6-12,16-18H,13-15H2,1-5H3/t17-,18+/m0/s1. The number of fused-ring (bicyclic) bond motifs is 1. The van der Waals surface area contributed by atoms with E-state index in [0.717, 1.165) is 11.1 Å².